The van der Waals surface area contributed by atoms with Crippen molar-refractivity contribution >= 4 is 9.84 Å². The Balaban J connectivity index is 2.96. The molecule has 0 aromatic carbocycles. The third kappa shape index (κ3) is 2.28. The number of hydrogen-bond donors (Lipinski definition) is 1. The molecule has 0 aromatic heterocycles. The second kappa shape index (κ2) is 3.81. The van der Waals surface area contributed by atoms with E-state index in [1.807, 2.05) is 7.05 Å². The van der Waals surface area contributed by atoms with Gasteiger partial charge in [-0.25, -0.2) is 8.42 Å². The van der Waals surface area contributed by atoms with Gasteiger partial charge in [0.2, 0.25) is 0 Å². The van der Waals surface area contributed by atoms with Gasteiger partial charge < -0.3 is 5.32 Å². The van der Waals surface area contributed by atoms with Crippen LogP contribution < -0.4 is 5.32 Å². The fraction of sp³-hybridized carbons (Fsp3) is 1.00. The van der Waals surface area contributed by atoms with Gasteiger partial charge in [-0.05, 0) is 25.3 Å². The fourth-order valence-electron chi connectivity index (χ4n) is 2.62. The van der Waals surface area contributed by atoms with E-state index in [1.54, 1.807) is 0 Å². The largest absolute Gasteiger partial charge is 0.315 e. The predicted molar refractivity (Wildman–Crippen MR) is 59.1 cm³/mol. The molecule has 2 atom stereocenters. The molecule has 0 aliphatic heterocycles. The van der Waals surface area contributed by atoms with Crippen molar-refractivity contribution < 1.29 is 8.42 Å². The average Bonchev–Trinajstić information content (AvgIpc) is 2.00. The Kier molecular flexibility index (Phi) is 3.26. The van der Waals surface area contributed by atoms with Crippen LogP contribution in [0, 0.1) is 5.41 Å². The summed E-state index contributed by atoms with van der Waals surface area (Å²) in [6.07, 6.45) is 4.27. The molecule has 1 rings (SSSR count). The van der Waals surface area contributed by atoms with Gasteiger partial charge in [-0.15, -0.1) is 0 Å². The van der Waals surface area contributed by atoms with E-state index in [2.05, 4.69) is 19.2 Å². The van der Waals surface area contributed by atoms with Gasteiger partial charge in [0, 0.05) is 12.3 Å². The van der Waals surface area contributed by atoms with Crippen molar-refractivity contribution in [2.24, 2.45) is 5.41 Å². The van der Waals surface area contributed by atoms with Gasteiger partial charge >= 0.3 is 0 Å². The van der Waals surface area contributed by atoms with Crippen LogP contribution in [0.1, 0.15) is 33.1 Å². The summed E-state index contributed by atoms with van der Waals surface area (Å²) in [6.45, 7) is 4.29. The Morgan fingerprint density at radius 3 is 2.29 bits per heavy atom. The molecule has 4 heteroatoms. The summed E-state index contributed by atoms with van der Waals surface area (Å²) in [6, 6.07) is 0.0891. The zero-order chi connectivity index (χ0) is 11.0. The summed E-state index contributed by atoms with van der Waals surface area (Å²) in [4.78, 5) is 0. The van der Waals surface area contributed by atoms with Crippen molar-refractivity contribution in [3.63, 3.8) is 0 Å². The van der Waals surface area contributed by atoms with Gasteiger partial charge in [0.1, 0.15) is 0 Å². The Morgan fingerprint density at radius 2 is 1.93 bits per heavy atom. The minimum Gasteiger partial charge on any atom is -0.315 e. The van der Waals surface area contributed by atoms with Crippen molar-refractivity contribution in [3.05, 3.63) is 0 Å². The number of nitrogens with one attached hydrogen (secondary N) is 1. The van der Waals surface area contributed by atoms with Gasteiger partial charge in [-0.2, -0.15) is 0 Å². The predicted octanol–water partition coefficient (Wildman–Crippen LogP) is 1.20. The summed E-state index contributed by atoms with van der Waals surface area (Å²) in [7, 11) is -1.06. The normalized spacial score (nSPS) is 32.9. The van der Waals surface area contributed by atoms with E-state index in [-0.39, 0.29) is 16.7 Å². The van der Waals surface area contributed by atoms with E-state index in [4.69, 9.17) is 0 Å². The molecule has 2 unspecified atom stereocenters. The van der Waals surface area contributed by atoms with E-state index in [0.29, 0.717) is 0 Å². The van der Waals surface area contributed by atoms with E-state index >= 15 is 0 Å². The molecule has 1 N–H and O–H groups in total. The van der Waals surface area contributed by atoms with Crippen molar-refractivity contribution in [1.29, 1.82) is 0 Å². The third-order valence-electron chi connectivity index (χ3n) is 3.38. The molecule has 84 valence electrons. The molecule has 1 aliphatic carbocycles. The standard InChI is InChI=1S/C10H21NO2S/c1-10(2)7-5-6-8(9(10)11-3)14(4,12)13/h8-9,11H,5-7H2,1-4H3. The highest BCUT2D eigenvalue weighted by molar-refractivity contribution is 7.91. The molecule has 1 saturated carbocycles. The first-order valence-electron chi connectivity index (χ1n) is 5.15. The monoisotopic (exact) mass is 219 g/mol. The van der Waals surface area contributed by atoms with Gasteiger partial charge in [0.25, 0.3) is 0 Å². The van der Waals surface area contributed by atoms with Gasteiger partial charge in [-0.1, -0.05) is 20.3 Å². The van der Waals surface area contributed by atoms with Crippen LogP contribution in [-0.4, -0.2) is 33.0 Å². The molecule has 0 bridgehead atoms. The van der Waals surface area contributed by atoms with Crippen LogP contribution in [0.4, 0.5) is 0 Å². The lowest BCUT2D eigenvalue weighted by atomic mass is 9.73. The first kappa shape index (κ1) is 12.0. The van der Waals surface area contributed by atoms with Crippen LogP contribution in [0.15, 0.2) is 0 Å². The van der Waals surface area contributed by atoms with Crippen LogP contribution in [-0.2, 0) is 9.84 Å². The number of hydrogen-bond acceptors (Lipinski definition) is 3. The molecule has 1 fully saturated rings. The van der Waals surface area contributed by atoms with Crippen molar-refractivity contribution in [2.75, 3.05) is 13.3 Å². The van der Waals surface area contributed by atoms with Crippen LogP contribution in [0.5, 0.6) is 0 Å². The molecule has 0 spiro atoms. The average molecular weight is 219 g/mol. The summed E-state index contributed by atoms with van der Waals surface area (Å²) >= 11 is 0. The third-order valence-corrected chi connectivity index (χ3v) is 4.99. The van der Waals surface area contributed by atoms with E-state index in [9.17, 15) is 8.42 Å². The SMILES string of the molecule is CNC1C(S(C)(=O)=O)CCCC1(C)C. The molecule has 3 nitrogen and oxygen atoms in total. The lowest BCUT2D eigenvalue weighted by Crippen LogP contribution is -2.53. The maximum absolute atomic E-state index is 11.6. The highest BCUT2D eigenvalue weighted by Gasteiger charge is 2.42. The smallest absolute Gasteiger partial charge is 0.151 e. The summed E-state index contributed by atoms with van der Waals surface area (Å²) in [5.41, 5.74) is 0.0841. The highest BCUT2D eigenvalue weighted by atomic mass is 32.2. The Hall–Kier alpha value is -0.0900. The van der Waals surface area contributed by atoms with Gasteiger partial charge in [-0.3, -0.25) is 0 Å². The highest BCUT2D eigenvalue weighted by Crippen LogP contribution is 2.37. The maximum atomic E-state index is 11.6. The number of rotatable bonds is 2. The molecule has 0 aromatic rings. The second-order valence-corrected chi connectivity index (χ2v) is 7.28. The van der Waals surface area contributed by atoms with Crippen LogP contribution in [0.25, 0.3) is 0 Å². The molecule has 0 amide bonds. The quantitative estimate of drug-likeness (QED) is 0.759. The van der Waals surface area contributed by atoms with Gasteiger partial charge in [0.05, 0.1) is 5.25 Å². The Bertz CT molecular complexity index is 295. The summed E-state index contributed by atoms with van der Waals surface area (Å²) in [5, 5.41) is 2.96. The van der Waals surface area contributed by atoms with E-state index in [0.717, 1.165) is 19.3 Å². The van der Waals surface area contributed by atoms with Crippen LogP contribution in [0.2, 0.25) is 0 Å². The molecule has 0 radical (unpaired) electrons. The lowest BCUT2D eigenvalue weighted by molar-refractivity contribution is 0.178. The molecule has 0 heterocycles. The minimum atomic E-state index is -2.92. The van der Waals surface area contributed by atoms with E-state index < -0.39 is 9.84 Å². The first-order chi connectivity index (χ1) is 6.29. The molecule has 1 aliphatic rings. The Labute approximate surface area is 87.2 Å². The molecule has 14 heavy (non-hydrogen) atoms. The second-order valence-electron chi connectivity index (χ2n) is 5.02. The number of sulfone groups is 1. The summed E-state index contributed by atoms with van der Waals surface area (Å²) < 4.78 is 23.2. The minimum absolute atomic E-state index is 0.0841. The first-order valence-corrected chi connectivity index (χ1v) is 7.10. The van der Waals surface area contributed by atoms with Crippen LogP contribution >= 0.6 is 0 Å². The van der Waals surface area contributed by atoms with Crippen LogP contribution in [0.3, 0.4) is 0 Å². The topological polar surface area (TPSA) is 46.2 Å². The van der Waals surface area contributed by atoms with Crippen molar-refractivity contribution in [2.45, 2.75) is 44.4 Å². The van der Waals surface area contributed by atoms with Crippen molar-refractivity contribution in [3.8, 4) is 0 Å². The summed E-state index contributed by atoms with van der Waals surface area (Å²) in [5.74, 6) is 0. The van der Waals surface area contributed by atoms with E-state index in [1.165, 1.54) is 6.26 Å². The molecular formula is C10H21NO2S. The zero-order valence-corrected chi connectivity index (χ0v) is 10.3. The van der Waals surface area contributed by atoms with Crippen molar-refractivity contribution in [1.82, 2.24) is 5.32 Å². The molecule has 0 saturated heterocycles. The Morgan fingerprint density at radius 1 is 1.36 bits per heavy atom. The lowest BCUT2D eigenvalue weighted by Gasteiger charge is -2.43. The maximum Gasteiger partial charge on any atom is 0.151 e. The zero-order valence-electron chi connectivity index (χ0n) is 9.50. The molecular weight excluding hydrogens is 198 g/mol. The van der Waals surface area contributed by atoms with Gasteiger partial charge in [0.15, 0.2) is 9.84 Å². The fourth-order valence-corrected chi connectivity index (χ4v) is 4.22.